The van der Waals surface area contributed by atoms with Crippen LogP contribution in [-0.4, -0.2) is 58.0 Å². The lowest BCUT2D eigenvalue weighted by Gasteiger charge is -2.15. The number of carbonyl (C=O) groups is 1. The predicted octanol–water partition coefficient (Wildman–Crippen LogP) is 4.68. The fourth-order valence-corrected chi connectivity index (χ4v) is 4.88. The van der Waals surface area contributed by atoms with Gasteiger partial charge in [-0.15, -0.1) is 0 Å². The van der Waals surface area contributed by atoms with Gasteiger partial charge in [-0.1, -0.05) is 29.3 Å². The molecule has 0 spiro atoms. The molecule has 0 saturated carbocycles. The zero-order chi connectivity index (χ0) is 26.4. The number of nitrogen functional groups attached to an aromatic ring is 1. The van der Waals surface area contributed by atoms with Gasteiger partial charge in [0.1, 0.15) is 5.82 Å². The van der Waals surface area contributed by atoms with Crippen molar-refractivity contribution in [3.63, 3.8) is 0 Å². The summed E-state index contributed by atoms with van der Waals surface area (Å²) in [6.07, 6.45) is 6.86. The van der Waals surface area contributed by atoms with Gasteiger partial charge in [-0.3, -0.25) is 14.9 Å². The summed E-state index contributed by atoms with van der Waals surface area (Å²) in [5, 5.41) is 18.1. The number of aryl methyl sites for hydroxylation is 1. The summed E-state index contributed by atoms with van der Waals surface area (Å²) in [6, 6.07) is 8.08. The number of rotatable bonds is 11. The highest BCUT2D eigenvalue weighted by Crippen LogP contribution is 2.33. The number of nitrogens with one attached hydrogen (secondary N) is 2. The van der Waals surface area contributed by atoms with Gasteiger partial charge in [-0.05, 0) is 50.6 Å². The van der Waals surface area contributed by atoms with Gasteiger partial charge in [-0.2, -0.15) is 0 Å². The van der Waals surface area contributed by atoms with E-state index in [1.165, 1.54) is 25.0 Å². The molecule has 10 nitrogen and oxygen atoms in total. The summed E-state index contributed by atoms with van der Waals surface area (Å²) in [5.41, 5.74) is 7.44. The number of halogens is 2. The molecule has 0 atom stereocenters. The van der Waals surface area contributed by atoms with E-state index >= 15 is 0 Å². The predicted molar refractivity (Wildman–Crippen MR) is 146 cm³/mol. The van der Waals surface area contributed by atoms with Gasteiger partial charge in [0.2, 0.25) is 5.82 Å². The summed E-state index contributed by atoms with van der Waals surface area (Å²) in [7, 11) is 0. The zero-order valence-electron chi connectivity index (χ0n) is 20.3. The van der Waals surface area contributed by atoms with Gasteiger partial charge in [0.05, 0.1) is 10.5 Å². The molecule has 1 fully saturated rings. The number of aromatic nitrogens is 2. The van der Waals surface area contributed by atoms with E-state index in [4.69, 9.17) is 28.9 Å². The first kappa shape index (κ1) is 26.7. The molecule has 4 N–H and O–H groups in total. The van der Waals surface area contributed by atoms with Crippen LogP contribution in [0.4, 0.5) is 17.3 Å². The van der Waals surface area contributed by atoms with Crippen molar-refractivity contribution in [2.24, 2.45) is 0 Å². The number of likely N-dealkylation sites (tertiary alicyclic amines) is 1. The lowest BCUT2D eigenvalue weighted by molar-refractivity contribution is -0.384. The van der Waals surface area contributed by atoms with Crippen molar-refractivity contribution in [2.45, 2.75) is 25.8 Å². The number of anilines is 2. The van der Waals surface area contributed by atoms with Gasteiger partial charge in [-0.25, -0.2) is 4.98 Å². The van der Waals surface area contributed by atoms with Crippen molar-refractivity contribution in [3.05, 3.63) is 68.4 Å². The summed E-state index contributed by atoms with van der Waals surface area (Å²) in [5.74, 6) is 0.176. The van der Waals surface area contributed by atoms with Gasteiger partial charge in [0.15, 0.2) is 0 Å². The van der Waals surface area contributed by atoms with Crippen LogP contribution in [-0.2, 0) is 6.54 Å². The van der Waals surface area contributed by atoms with Crippen LogP contribution < -0.4 is 16.4 Å². The molecule has 3 aromatic rings. The summed E-state index contributed by atoms with van der Waals surface area (Å²) < 4.78 is 1.95. The van der Waals surface area contributed by atoms with Crippen molar-refractivity contribution in [2.75, 3.05) is 43.8 Å². The normalized spacial score (nSPS) is 13.6. The smallest absolute Gasteiger partial charge is 0.311 e. The third-order valence-corrected chi connectivity index (χ3v) is 6.80. The monoisotopic (exact) mass is 545 g/mol. The van der Waals surface area contributed by atoms with E-state index in [2.05, 4.69) is 20.5 Å². The molecule has 3 heterocycles. The standard InChI is InChI=1S/C25H29Cl2N7O3/c26-17-4-5-18(21(27)14-17)19-15-33(16-20(19)25(35)30-9-13-32-10-1-2-11-32)12-3-8-29-23-7-6-22(34(36)37)24(28)31-23/h4-7,14-16H,1-3,8-13H2,(H,30,35)(H3,28,29,31). The molecule has 37 heavy (non-hydrogen) atoms. The van der Waals surface area contributed by atoms with Crippen LogP contribution in [0.5, 0.6) is 0 Å². The average Bonchev–Trinajstić information content (AvgIpc) is 3.52. The van der Waals surface area contributed by atoms with E-state index in [0.29, 0.717) is 47.5 Å². The molecule has 0 aliphatic carbocycles. The van der Waals surface area contributed by atoms with E-state index in [1.54, 1.807) is 12.1 Å². The number of hydrogen-bond acceptors (Lipinski definition) is 7. The Labute approximate surface area is 224 Å². The zero-order valence-corrected chi connectivity index (χ0v) is 21.8. The molecule has 2 aromatic heterocycles. The van der Waals surface area contributed by atoms with Crippen LogP contribution in [0.1, 0.15) is 29.6 Å². The van der Waals surface area contributed by atoms with E-state index in [-0.39, 0.29) is 17.4 Å². The van der Waals surface area contributed by atoms with Crippen LogP contribution in [0, 0.1) is 10.1 Å². The number of pyridine rings is 1. The number of benzene rings is 1. The Bertz CT molecular complexity index is 1280. The third kappa shape index (κ3) is 6.91. The molecule has 1 aromatic carbocycles. The first-order valence-corrected chi connectivity index (χ1v) is 12.9. The Morgan fingerprint density at radius 2 is 1.86 bits per heavy atom. The molecule has 1 aliphatic heterocycles. The van der Waals surface area contributed by atoms with Crippen molar-refractivity contribution in [1.29, 1.82) is 0 Å². The number of nitrogens with two attached hydrogens (primary N) is 1. The van der Waals surface area contributed by atoms with E-state index < -0.39 is 4.92 Å². The largest absolute Gasteiger partial charge is 0.378 e. The summed E-state index contributed by atoms with van der Waals surface area (Å²) in [6.45, 7) is 4.73. The molecule has 0 unspecified atom stereocenters. The maximum absolute atomic E-state index is 13.1. The molecule has 0 radical (unpaired) electrons. The van der Waals surface area contributed by atoms with Gasteiger partial charge in [0, 0.05) is 65.8 Å². The first-order chi connectivity index (χ1) is 17.8. The van der Waals surface area contributed by atoms with E-state index in [0.717, 1.165) is 30.8 Å². The lowest BCUT2D eigenvalue weighted by atomic mass is 10.0. The molecule has 1 aliphatic rings. The maximum Gasteiger partial charge on any atom is 0.311 e. The van der Waals surface area contributed by atoms with E-state index in [9.17, 15) is 14.9 Å². The number of carbonyl (C=O) groups excluding carboxylic acids is 1. The van der Waals surface area contributed by atoms with E-state index in [1.807, 2.05) is 23.0 Å². The molecule has 1 saturated heterocycles. The number of amides is 1. The molecular weight excluding hydrogens is 517 g/mol. The fourth-order valence-electron chi connectivity index (χ4n) is 4.37. The second-order valence-electron chi connectivity index (χ2n) is 8.89. The van der Waals surface area contributed by atoms with Gasteiger partial charge >= 0.3 is 5.69 Å². The van der Waals surface area contributed by atoms with Crippen LogP contribution in [0.2, 0.25) is 10.0 Å². The number of nitrogens with zero attached hydrogens (tertiary/aromatic N) is 4. The van der Waals surface area contributed by atoms with Crippen molar-refractivity contribution in [3.8, 4) is 11.1 Å². The fraction of sp³-hybridized carbons (Fsp3) is 0.360. The Hall–Kier alpha value is -3.34. The van der Waals surface area contributed by atoms with Crippen LogP contribution in [0.25, 0.3) is 11.1 Å². The Kier molecular flexibility index (Phi) is 8.86. The molecule has 1 amide bonds. The van der Waals surface area contributed by atoms with Crippen molar-refractivity contribution < 1.29 is 9.72 Å². The van der Waals surface area contributed by atoms with Gasteiger partial charge in [0.25, 0.3) is 5.91 Å². The topological polar surface area (TPSA) is 131 Å². The summed E-state index contributed by atoms with van der Waals surface area (Å²) >= 11 is 12.6. The Morgan fingerprint density at radius 3 is 2.57 bits per heavy atom. The molecule has 4 rings (SSSR count). The van der Waals surface area contributed by atoms with Crippen LogP contribution in [0.15, 0.2) is 42.7 Å². The highest BCUT2D eigenvalue weighted by molar-refractivity contribution is 6.36. The Balaban J connectivity index is 1.42. The average molecular weight is 546 g/mol. The SMILES string of the molecule is Nc1nc(NCCCn2cc(C(=O)NCCN3CCCC3)c(-c3ccc(Cl)cc3Cl)c2)ccc1[N+](=O)[O-]. The second-order valence-corrected chi connectivity index (χ2v) is 9.73. The highest BCUT2D eigenvalue weighted by atomic mass is 35.5. The molecular formula is C25H29Cl2N7O3. The van der Waals surface area contributed by atoms with Crippen molar-refractivity contribution in [1.82, 2.24) is 19.8 Å². The third-order valence-electron chi connectivity index (χ3n) is 6.26. The number of nitro groups is 1. The Morgan fingerprint density at radius 1 is 1.08 bits per heavy atom. The molecule has 12 heteroatoms. The first-order valence-electron chi connectivity index (χ1n) is 12.1. The van der Waals surface area contributed by atoms with Gasteiger partial charge < -0.3 is 25.8 Å². The maximum atomic E-state index is 13.1. The summed E-state index contributed by atoms with van der Waals surface area (Å²) in [4.78, 5) is 29.9. The van der Waals surface area contributed by atoms with Crippen molar-refractivity contribution >= 4 is 46.4 Å². The highest BCUT2D eigenvalue weighted by Gasteiger charge is 2.19. The number of hydrogen-bond donors (Lipinski definition) is 3. The lowest BCUT2D eigenvalue weighted by Crippen LogP contribution is -2.33. The van der Waals surface area contributed by atoms with Crippen LogP contribution >= 0.6 is 23.2 Å². The second kappa shape index (κ2) is 12.3. The molecule has 196 valence electrons. The van der Waals surface area contributed by atoms with Crippen LogP contribution in [0.3, 0.4) is 0 Å². The quantitative estimate of drug-likeness (QED) is 0.181. The minimum atomic E-state index is -0.567. The molecule has 0 bridgehead atoms. The minimum Gasteiger partial charge on any atom is -0.378 e. The minimum absolute atomic E-state index is 0.134.